The van der Waals surface area contributed by atoms with Crippen molar-refractivity contribution in [1.29, 1.82) is 0 Å². The number of aromatic nitrogens is 1. The van der Waals surface area contributed by atoms with Crippen molar-refractivity contribution in [2.45, 2.75) is 16.7 Å². The molecule has 27 heavy (non-hydrogen) atoms. The van der Waals surface area contributed by atoms with Crippen molar-refractivity contribution in [1.82, 2.24) is 4.98 Å². The minimum atomic E-state index is -4.62. The second-order valence-electron chi connectivity index (χ2n) is 5.72. The van der Waals surface area contributed by atoms with Gasteiger partial charge in [-0.25, -0.2) is 8.42 Å². The summed E-state index contributed by atoms with van der Waals surface area (Å²) < 4.78 is 48.4. The van der Waals surface area contributed by atoms with Crippen LogP contribution in [0.3, 0.4) is 0 Å². The minimum absolute atomic E-state index is 0.359. The van der Waals surface area contributed by atoms with Gasteiger partial charge in [-0.05, 0) is 54.1 Å². The predicted octanol–water partition coefficient (Wildman–Crippen LogP) is 4.93. The lowest BCUT2D eigenvalue weighted by Crippen LogP contribution is -2.14. The fourth-order valence-electron chi connectivity index (χ4n) is 2.57. The molecule has 1 heterocycles. The van der Waals surface area contributed by atoms with Gasteiger partial charge in [0.1, 0.15) is 0 Å². The molecule has 0 aliphatic rings. The Morgan fingerprint density at radius 1 is 0.963 bits per heavy atom. The van der Waals surface area contributed by atoms with Crippen molar-refractivity contribution in [3.63, 3.8) is 0 Å². The van der Waals surface area contributed by atoms with E-state index in [2.05, 4.69) is 10.3 Å². The van der Waals surface area contributed by atoms with Gasteiger partial charge in [0.05, 0.1) is 16.6 Å². The summed E-state index contributed by atoms with van der Waals surface area (Å²) in [5.41, 5.74) is 2.13. The highest BCUT2D eigenvalue weighted by molar-refractivity contribution is 7.91. The van der Waals surface area contributed by atoms with Crippen molar-refractivity contribution >= 4 is 27.1 Å². The average molecular weight is 409 g/mol. The van der Waals surface area contributed by atoms with Gasteiger partial charge < -0.3 is 5.32 Å². The van der Waals surface area contributed by atoms with Crippen LogP contribution in [0.4, 0.5) is 14.5 Å². The molecule has 0 spiro atoms. The lowest BCUT2D eigenvalue weighted by Gasteiger charge is -2.20. The molecule has 140 valence electrons. The molecule has 0 fully saturated rings. The summed E-state index contributed by atoms with van der Waals surface area (Å²) in [5, 5.41) is 3.81. The van der Waals surface area contributed by atoms with Crippen LogP contribution in [-0.4, -0.2) is 19.2 Å². The van der Waals surface area contributed by atoms with Gasteiger partial charge in [-0.1, -0.05) is 29.8 Å². The van der Waals surface area contributed by atoms with Crippen LogP contribution in [0.5, 0.6) is 0 Å². The Balaban J connectivity index is 1.93. The smallest absolute Gasteiger partial charge is 0.341 e. The zero-order chi connectivity index (χ0) is 19.4. The Bertz CT molecular complexity index is 1010. The molecule has 4 nitrogen and oxygen atoms in total. The summed E-state index contributed by atoms with van der Waals surface area (Å²) in [6.45, 7) is 0. The molecule has 0 aliphatic carbocycles. The number of benzene rings is 2. The summed E-state index contributed by atoms with van der Waals surface area (Å²) in [7, 11) is -4.62. The highest BCUT2D eigenvalue weighted by Crippen LogP contribution is 2.28. The fraction of sp³-hybridized carbons (Fsp3) is 0.105. The van der Waals surface area contributed by atoms with Crippen molar-refractivity contribution in [3.8, 4) is 0 Å². The maximum atomic E-state index is 12.7. The number of anilines is 1. The van der Waals surface area contributed by atoms with Crippen LogP contribution in [0.15, 0.2) is 77.8 Å². The third kappa shape index (κ3) is 4.43. The van der Waals surface area contributed by atoms with E-state index in [1.807, 2.05) is 24.3 Å². The van der Waals surface area contributed by atoms with Gasteiger partial charge in [0.25, 0.3) is 0 Å². The molecule has 3 aromatic rings. The quantitative estimate of drug-likeness (QED) is 0.628. The molecule has 1 aromatic heterocycles. The Hall–Kier alpha value is -2.51. The highest BCUT2D eigenvalue weighted by atomic mass is 35.5. The van der Waals surface area contributed by atoms with Gasteiger partial charge in [-0.15, -0.1) is 0 Å². The fourth-order valence-corrected chi connectivity index (χ4v) is 3.49. The summed E-state index contributed by atoms with van der Waals surface area (Å²) in [4.78, 5) is 3.93. The van der Waals surface area contributed by atoms with Gasteiger partial charge in [0.2, 0.25) is 9.84 Å². The van der Waals surface area contributed by atoms with Gasteiger partial charge in [-0.2, -0.15) is 8.78 Å². The van der Waals surface area contributed by atoms with Crippen LogP contribution in [-0.2, 0) is 9.84 Å². The lowest BCUT2D eigenvalue weighted by atomic mass is 10.0. The van der Waals surface area contributed by atoms with Crippen LogP contribution in [0, 0.1) is 0 Å². The van der Waals surface area contributed by atoms with E-state index in [9.17, 15) is 17.2 Å². The van der Waals surface area contributed by atoms with Gasteiger partial charge in [0.15, 0.2) is 0 Å². The minimum Gasteiger partial charge on any atom is -0.373 e. The molecule has 3 rings (SSSR count). The van der Waals surface area contributed by atoms with Crippen LogP contribution in [0.25, 0.3) is 0 Å². The molecule has 1 unspecified atom stereocenters. The maximum absolute atomic E-state index is 12.7. The van der Waals surface area contributed by atoms with Crippen LogP contribution >= 0.6 is 11.6 Å². The SMILES string of the molecule is O=S(=O)(c1ccc(NC(c2cccc(Cl)c2)c2ccccn2)cc1)C(F)F. The summed E-state index contributed by atoms with van der Waals surface area (Å²) in [6.07, 6.45) is 1.66. The van der Waals surface area contributed by atoms with Crippen LogP contribution in [0.2, 0.25) is 5.02 Å². The molecule has 0 bridgehead atoms. The van der Waals surface area contributed by atoms with E-state index in [0.29, 0.717) is 10.7 Å². The molecule has 0 aliphatic heterocycles. The Morgan fingerprint density at radius 3 is 2.30 bits per heavy atom. The monoisotopic (exact) mass is 408 g/mol. The number of halogens is 3. The van der Waals surface area contributed by atoms with Crippen molar-refractivity contribution in [2.75, 3.05) is 5.32 Å². The third-order valence-corrected chi connectivity index (χ3v) is 5.53. The molecule has 0 saturated carbocycles. The number of nitrogens with one attached hydrogen (secondary N) is 1. The number of hydrogen-bond acceptors (Lipinski definition) is 4. The summed E-state index contributed by atoms with van der Waals surface area (Å²) in [6, 6.07) is 17.6. The number of hydrogen-bond donors (Lipinski definition) is 1. The van der Waals surface area contributed by atoms with E-state index >= 15 is 0 Å². The molecular formula is C19H15ClF2N2O2S. The topological polar surface area (TPSA) is 59.1 Å². The van der Waals surface area contributed by atoms with Gasteiger partial charge in [0, 0.05) is 16.9 Å². The molecule has 1 N–H and O–H groups in total. The molecule has 0 saturated heterocycles. The normalized spacial score (nSPS) is 12.7. The van der Waals surface area contributed by atoms with E-state index in [0.717, 1.165) is 23.4 Å². The van der Waals surface area contributed by atoms with E-state index in [1.165, 1.54) is 12.1 Å². The molecule has 1 atom stereocenters. The Labute approximate surface area is 160 Å². The largest absolute Gasteiger partial charge is 0.373 e. The second-order valence-corrected chi connectivity index (χ2v) is 8.07. The highest BCUT2D eigenvalue weighted by Gasteiger charge is 2.26. The molecule has 0 amide bonds. The first-order valence-corrected chi connectivity index (χ1v) is 9.85. The van der Waals surface area contributed by atoms with Crippen LogP contribution in [0.1, 0.15) is 17.3 Å². The maximum Gasteiger partial charge on any atom is 0.341 e. The molecular weight excluding hydrogens is 394 g/mol. The standard InChI is InChI=1S/C19H15ClF2N2O2S/c20-14-5-3-4-13(12-14)18(17-6-1-2-11-23-17)24-15-7-9-16(10-8-15)27(25,26)19(21)22/h1-12,18-19,24H. The van der Waals surface area contributed by atoms with Crippen LogP contribution < -0.4 is 5.32 Å². The van der Waals surface area contributed by atoms with E-state index in [1.54, 1.807) is 24.4 Å². The average Bonchev–Trinajstić information content (AvgIpc) is 2.67. The summed E-state index contributed by atoms with van der Waals surface area (Å²) >= 11 is 6.09. The first kappa shape index (κ1) is 19.3. The Morgan fingerprint density at radius 2 is 1.70 bits per heavy atom. The number of nitrogens with zero attached hydrogens (tertiary/aromatic N) is 1. The number of alkyl halides is 2. The Kier molecular flexibility index (Phi) is 5.72. The first-order valence-electron chi connectivity index (χ1n) is 7.93. The molecule has 0 radical (unpaired) electrons. The van der Waals surface area contributed by atoms with Crippen molar-refractivity contribution in [3.05, 3.63) is 89.2 Å². The van der Waals surface area contributed by atoms with Gasteiger partial charge in [-0.3, -0.25) is 4.98 Å². The number of pyridine rings is 1. The molecule has 8 heteroatoms. The lowest BCUT2D eigenvalue weighted by molar-refractivity contribution is 0.234. The van der Waals surface area contributed by atoms with E-state index in [-0.39, 0.29) is 6.04 Å². The number of sulfone groups is 1. The molecule has 2 aromatic carbocycles. The zero-order valence-corrected chi connectivity index (χ0v) is 15.5. The third-order valence-electron chi connectivity index (χ3n) is 3.89. The van der Waals surface area contributed by atoms with E-state index in [4.69, 9.17) is 11.6 Å². The second kappa shape index (κ2) is 8.02. The van der Waals surface area contributed by atoms with E-state index < -0.39 is 20.5 Å². The predicted molar refractivity (Wildman–Crippen MR) is 101 cm³/mol. The van der Waals surface area contributed by atoms with Gasteiger partial charge >= 0.3 is 5.76 Å². The van der Waals surface area contributed by atoms with Crippen molar-refractivity contribution < 1.29 is 17.2 Å². The first-order chi connectivity index (χ1) is 12.9. The summed E-state index contributed by atoms with van der Waals surface area (Å²) in [5.74, 6) is -3.45. The zero-order valence-electron chi connectivity index (χ0n) is 13.9. The van der Waals surface area contributed by atoms with Crippen molar-refractivity contribution in [2.24, 2.45) is 0 Å². The number of rotatable bonds is 6.